The summed E-state index contributed by atoms with van der Waals surface area (Å²) in [5.41, 5.74) is 3.01. The highest BCUT2D eigenvalue weighted by atomic mass is 19.1. The number of nitrogens with zero attached hydrogens (tertiary/aromatic N) is 3. The molecule has 0 aliphatic heterocycles. The Morgan fingerprint density at radius 2 is 2.00 bits per heavy atom. The van der Waals surface area contributed by atoms with Crippen LogP contribution in [0.25, 0.3) is 11.0 Å². The van der Waals surface area contributed by atoms with E-state index in [0.717, 1.165) is 29.0 Å². The number of rotatable bonds is 5. The van der Waals surface area contributed by atoms with Crippen LogP contribution in [0.4, 0.5) is 4.39 Å². The van der Waals surface area contributed by atoms with Crippen LogP contribution in [0.5, 0.6) is 0 Å². The molecule has 2 N–H and O–H groups in total. The van der Waals surface area contributed by atoms with Crippen molar-refractivity contribution in [1.82, 2.24) is 20.2 Å². The van der Waals surface area contributed by atoms with Crippen LogP contribution in [-0.2, 0) is 13.1 Å². The van der Waals surface area contributed by atoms with Crippen LogP contribution in [0.2, 0.25) is 0 Å². The molecule has 0 aliphatic carbocycles. The lowest BCUT2D eigenvalue weighted by atomic mass is 10.2. The minimum absolute atomic E-state index is 0.232. The topological polar surface area (TPSA) is 54.2 Å². The monoisotopic (exact) mass is 339 g/mol. The van der Waals surface area contributed by atoms with E-state index in [0.29, 0.717) is 19.0 Å². The lowest BCUT2D eigenvalue weighted by Gasteiger charge is -2.13. The third-order valence-corrected chi connectivity index (χ3v) is 4.05. The molecule has 0 saturated heterocycles. The van der Waals surface area contributed by atoms with Gasteiger partial charge in [0.1, 0.15) is 11.6 Å². The van der Waals surface area contributed by atoms with Gasteiger partial charge in [0.05, 0.1) is 11.0 Å². The maximum atomic E-state index is 13.2. The van der Waals surface area contributed by atoms with Crippen LogP contribution in [0.1, 0.15) is 11.4 Å². The zero-order valence-corrected chi connectivity index (χ0v) is 14.5. The molecule has 0 unspecified atom stereocenters. The van der Waals surface area contributed by atoms with Crippen molar-refractivity contribution in [3.63, 3.8) is 0 Å². The maximum Gasteiger partial charge on any atom is 0.191 e. The third-order valence-electron chi connectivity index (χ3n) is 4.05. The SMILES string of the molecule is CN=C(NCCn1c(C)nc2ccccc21)NCc1cccc(F)c1. The summed E-state index contributed by atoms with van der Waals surface area (Å²) in [6, 6.07) is 14.6. The molecular formula is C19H22FN5. The van der Waals surface area contributed by atoms with E-state index in [1.54, 1.807) is 13.1 Å². The van der Waals surface area contributed by atoms with Crippen LogP contribution in [-0.4, -0.2) is 29.1 Å². The molecule has 2 aromatic carbocycles. The fourth-order valence-corrected chi connectivity index (χ4v) is 2.82. The van der Waals surface area contributed by atoms with Crippen LogP contribution in [0, 0.1) is 12.7 Å². The van der Waals surface area contributed by atoms with E-state index in [9.17, 15) is 4.39 Å². The predicted molar refractivity (Wildman–Crippen MR) is 99.1 cm³/mol. The molecule has 0 atom stereocenters. The van der Waals surface area contributed by atoms with Gasteiger partial charge < -0.3 is 15.2 Å². The molecule has 0 saturated carbocycles. The molecule has 0 bridgehead atoms. The van der Waals surface area contributed by atoms with Crippen LogP contribution in [0.15, 0.2) is 53.5 Å². The molecule has 0 fully saturated rings. The van der Waals surface area contributed by atoms with Crippen LogP contribution in [0.3, 0.4) is 0 Å². The van der Waals surface area contributed by atoms with E-state index >= 15 is 0 Å². The number of nitrogens with one attached hydrogen (secondary N) is 2. The minimum atomic E-state index is -0.232. The smallest absolute Gasteiger partial charge is 0.191 e. The van der Waals surface area contributed by atoms with E-state index in [4.69, 9.17) is 0 Å². The highest BCUT2D eigenvalue weighted by Gasteiger charge is 2.06. The summed E-state index contributed by atoms with van der Waals surface area (Å²) in [6.07, 6.45) is 0. The lowest BCUT2D eigenvalue weighted by molar-refractivity contribution is 0.624. The highest BCUT2D eigenvalue weighted by Crippen LogP contribution is 2.14. The van der Waals surface area contributed by atoms with Crippen LogP contribution >= 0.6 is 0 Å². The number of hydrogen-bond acceptors (Lipinski definition) is 2. The van der Waals surface area contributed by atoms with Crippen molar-refractivity contribution in [2.24, 2.45) is 4.99 Å². The average molecular weight is 339 g/mol. The summed E-state index contributed by atoms with van der Waals surface area (Å²) in [5, 5.41) is 6.47. The normalized spacial score (nSPS) is 11.7. The number of benzene rings is 2. The Bertz CT molecular complexity index is 884. The summed E-state index contributed by atoms with van der Waals surface area (Å²) in [6.45, 7) is 4.03. The number of halogens is 1. The largest absolute Gasteiger partial charge is 0.355 e. The molecule has 0 radical (unpaired) electrons. The van der Waals surface area contributed by atoms with Crippen molar-refractivity contribution in [3.05, 3.63) is 65.7 Å². The van der Waals surface area contributed by atoms with Crippen molar-refractivity contribution in [1.29, 1.82) is 0 Å². The first-order chi connectivity index (χ1) is 12.2. The predicted octanol–water partition coefficient (Wildman–Crippen LogP) is 2.85. The van der Waals surface area contributed by atoms with Crippen molar-refractivity contribution in [2.75, 3.05) is 13.6 Å². The first kappa shape index (κ1) is 17.0. The number of aliphatic imine (C=N–C) groups is 1. The molecule has 6 heteroatoms. The standard InChI is InChI=1S/C19H22FN5/c1-14-24-17-8-3-4-9-18(17)25(14)11-10-22-19(21-2)23-13-15-6-5-7-16(20)12-15/h3-9,12H,10-11,13H2,1-2H3,(H2,21,22,23). The van der Waals surface area contributed by atoms with Crippen LogP contribution < -0.4 is 10.6 Å². The van der Waals surface area contributed by atoms with Crippen molar-refractivity contribution >= 4 is 17.0 Å². The molecule has 5 nitrogen and oxygen atoms in total. The molecule has 3 rings (SSSR count). The zero-order valence-electron chi connectivity index (χ0n) is 14.5. The Kier molecular flexibility index (Phi) is 5.28. The number of aryl methyl sites for hydroxylation is 1. The number of imidazole rings is 1. The Labute approximate surface area is 146 Å². The van der Waals surface area contributed by atoms with E-state index in [1.165, 1.54) is 12.1 Å². The van der Waals surface area contributed by atoms with Crippen molar-refractivity contribution in [2.45, 2.75) is 20.0 Å². The second-order valence-corrected chi connectivity index (χ2v) is 5.78. The van der Waals surface area contributed by atoms with Crippen molar-refractivity contribution < 1.29 is 4.39 Å². The van der Waals surface area contributed by atoms with Gasteiger partial charge in [0, 0.05) is 26.7 Å². The average Bonchev–Trinajstić information content (AvgIpc) is 2.93. The summed E-state index contributed by atoms with van der Waals surface area (Å²) in [7, 11) is 1.72. The molecule has 25 heavy (non-hydrogen) atoms. The number of para-hydroxylation sites is 2. The van der Waals surface area contributed by atoms with Gasteiger partial charge >= 0.3 is 0 Å². The fourth-order valence-electron chi connectivity index (χ4n) is 2.82. The Hall–Kier alpha value is -2.89. The molecule has 3 aromatic rings. The Morgan fingerprint density at radius 1 is 1.16 bits per heavy atom. The lowest BCUT2D eigenvalue weighted by Crippen LogP contribution is -2.38. The summed E-state index contributed by atoms with van der Waals surface area (Å²) < 4.78 is 15.4. The number of fused-ring (bicyclic) bond motifs is 1. The van der Waals surface area contributed by atoms with Gasteiger partial charge in [-0.1, -0.05) is 24.3 Å². The molecule has 0 amide bonds. The fraction of sp³-hybridized carbons (Fsp3) is 0.263. The van der Waals surface area contributed by atoms with Gasteiger partial charge in [-0.15, -0.1) is 0 Å². The zero-order chi connectivity index (χ0) is 17.6. The van der Waals surface area contributed by atoms with Gasteiger partial charge in [0.25, 0.3) is 0 Å². The van der Waals surface area contributed by atoms with Gasteiger partial charge in [-0.25, -0.2) is 9.37 Å². The first-order valence-electron chi connectivity index (χ1n) is 8.28. The maximum absolute atomic E-state index is 13.2. The quantitative estimate of drug-likeness (QED) is 0.555. The molecule has 0 spiro atoms. The second kappa shape index (κ2) is 7.79. The van der Waals surface area contributed by atoms with Gasteiger partial charge in [-0.05, 0) is 36.8 Å². The number of aromatic nitrogens is 2. The second-order valence-electron chi connectivity index (χ2n) is 5.78. The molecule has 1 heterocycles. The van der Waals surface area contributed by atoms with Gasteiger partial charge in [0.15, 0.2) is 5.96 Å². The third kappa shape index (κ3) is 4.15. The Balaban J connectivity index is 1.55. The molecule has 1 aromatic heterocycles. The number of guanidine groups is 1. The minimum Gasteiger partial charge on any atom is -0.355 e. The molecule has 0 aliphatic rings. The van der Waals surface area contributed by atoms with E-state index in [1.807, 2.05) is 31.2 Å². The molecule has 130 valence electrons. The first-order valence-corrected chi connectivity index (χ1v) is 8.28. The summed E-state index contributed by atoms with van der Waals surface area (Å²) in [5.74, 6) is 1.45. The van der Waals surface area contributed by atoms with Gasteiger partial charge in [0.2, 0.25) is 0 Å². The van der Waals surface area contributed by atoms with Gasteiger partial charge in [-0.3, -0.25) is 4.99 Å². The number of hydrogen-bond donors (Lipinski definition) is 2. The van der Waals surface area contributed by atoms with E-state index in [-0.39, 0.29) is 5.82 Å². The summed E-state index contributed by atoms with van der Waals surface area (Å²) in [4.78, 5) is 8.77. The highest BCUT2D eigenvalue weighted by molar-refractivity contribution is 5.79. The molecular weight excluding hydrogens is 317 g/mol. The van der Waals surface area contributed by atoms with E-state index < -0.39 is 0 Å². The van der Waals surface area contributed by atoms with Crippen molar-refractivity contribution in [3.8, 4) is 0 Å². The van der Waals surface area contributed by atoms with Gasteiger partial charge in [-0.2, -0.15) is 0 Å². The Morgan fingerprint density at radius 3 is 2.80 bits per heavy atom. The summed E-state index contributed by atoms with van der Waals surface area (Å²) >= 11 is 0. The van der Waals surface area contributed by atoms with E-state index in [2.05, 4.69) is 31.2 Å².